The summed E-state index contributed by atoms with van der Waals surface area (Å²) in [5.74, 6) is -0.269. The molecule has 1 aliphatic carbocycles. The fourth-order valence-corrected chi connectivity index (χ4v) is 1.42. The maximum Gasteiger partial charge on any atom is 0.321 e. The van der Waals surface area contributed by atoms with Crippen LogP contribution in [-0.2, 0) is 4.79 Å². The first-order chi connectivity index (χ1) is 9.54. The van der Waals surface area contributed by atoms with Gasteiger partial charge in [-0.3, -0.25) is 20.2 Å². The van der Waals surface area contributed by atoms with Crippen molar-refractivity contribution in [2.24, 2.45) is 0 Å². The highest BCUT2D eigenvalue weighted by Gasteiger charge is 2.23. The van der Waals surface area contributed by atoms with Crippen LogP contribution in [0, 0.1) is 10.1 Å². The van der Waals surface area contributed by atoms with Gasteiger partial charge in [0.25, 0.3) is 11.6 Å². The Morgan fingerprint density at radius 1 is 1.30 bits per heavy atom. The number of urea groups is 1. The number of amides is 3. The second-order valence-electron chi connectivity index (χ2n) is 4.34. The number of hydrogen-bond acceptors (Lipinski definition) is 5. The Labute approximate surface area is 114 Å². The third kappa shape index (κ3) is 4.23. The van der Waals surface area contributed by atoms with Gasteiger partial charge in [0.15, 0.2) is 6.61 Å². The van der Waals surface area contributed by atoms with E-state index in [4.69, 9.17) is 4.74 Å². The second-order valence-corrected chi connectivity index (χ2v) is 4.34. The minimum atomic E-state index is -0.582. The van der Waals surface area contributed by atoms with Crippen LogP contribution < -0.4 is 15.4 Å². The number of imide groups is 1. The average molecular weight is 279 g/mol. The predicted octanol–water partition coefficient (Wildman–Crippen LogP) is 0.962. The van der Waals surface area contributed by atoms with Crippen molar-refractivity contribution in [2.45, 2.75) is 18.9 Å². The summed E-state index contributed by atoms with van der Waals surface area (Å²) in [7, 11) is 0. The van der Waals surface area contributed by atoms with Crippen LogP contribution in [-0.4, -0.2) is 29.5 Å². The Morgan fingerprint density at radius 3 is 2.50 bits per heavy atom. The molecule has 3 amide bonds. The zero-order valence-corrected chi connectivity index (χ0v) is 10.5. The topological polar surface area (TPSA) is 111 Å². The fourth-order valence-electron chi connectivity index (χ4n) is 1.42. The summed E-state index contributed by atoms with van der Waals surface area (Å²) < 4.78 is 5.11. The zero-order chi connectivity index (χ0) is 14.5. The van der Waals surface area contributed by atoms with Crippen molar-refractivity contribution in [3.63, 3.8) is 0 Å². The van der Waals surface area contributed by atoms with Gasteiger partial charge >= 0.3 is 6.03 Å². The summed E-state index contributed by atoms with van der Waals surface area (Å²) in [4.78, 5) is 32.6. The number of nitrogens with one attached hydrogen (secondary N) is 2. The van der Waals surface area contributed by atoms with Crippen LogP contribution in [0.25, 0.3) is 0 Å². The van der Waals surface area contributed by atoms with Crippen LogP contribution in [0.3, 0.4) is 0 Å². The van der Waals surface area contributed by atoms with Crippen molar-refractivity contribution in [3.05, 3.63) is 34.4 Å². The van der Waals surface area contributed by atoms with Gasteiger partial charge in [-0.15, -0.1) is 0 Å². The molecule has 8 nitrogen and oxygen atoms in total. The number of carbonyl (C=O) groups excluding carboxylic acids is 2. The number of non-ortho nitro benzene ring substituents is 1. The normalized spacial score (nSPS) is 13.4. The minimum Gasteiger partial charge on any atom is -0.484 e. The van der Waals surface area contributed by atoms with Gasteiger partial charge in [-0.05, 0) is 25.0 Å². The smallest absolute Gasteiger partial charge is 0.321 e. The van der Waals surface area contributed by atoms with E-state index in [9.17, 15) is 19.7 Å². The van der Waals surface area contributed by atoms with Gasteiger partial charge in [-0.25, -0.2) is 4.79 Å². The van der Waals surface area contributed by atoms with Crippen LogP contribution in [0.1, 0.15) is 12.8 Å². The van der Waals surface area contributed by atoms with Crippen molar-refractivity contribution < 1.29 is 19.2 Å². The van der Waals surface area contributed by atoms with Crippen molar-refractivity contribution in [2.75, 3.05) is 6.61 Å². The fraction of sp³-hybridized carbons (Fsp3) is 0.333. The predicted molar refractivity (Wildman–Crippen MR) is 68.3 cm³/mol. The molecule has 0 saturated heterocycles. The maximum absolute atomic E-state index is 11.4. The Hall–Kier alpha value is -2.64. The molecule has 2 N–H and O–H groups in total. The monoisotopic (exact) mass is 279 g/mol. The molecule has 106 valence electrons. The number of ether oxygens (including phenoxy) is 1. The van der Waals surface area contributed by atoms with Crippen molar-refractivity contribution in [1.29, 1.82) is 0 Å². The molecule has 0 heterocycles. The van der Waals surface area contributed by atoms with E-state index in [1.165, 1.54) is 24.3 Å². The molecule has 8 heteroatoms. The molecular formula is C12H13N3O5. The lowest BCUT2D eigenvalue weighted by atomic mass is 10.3. The van der Waals surface area contributed by atoms with E-state index < -0.39 is 16.9 Å². The molecule has 1 aromatic carbocycles. The lowest BCUT2D eigenvalue weighted by molar-refractivity contribution is -0.384. The van der Waals surface area contributed by atoms with Gasteiger partial charge in [-0.2, -0.15) is 0 Å². The Bertz CT molecular complexity index is 524. The Balaban J connectivity index is 1.74. The number of hydrogen-bond donors (Lipinski definition) is 2. The third-order valence-corrected chi connectivity index (χ3v) is 2.58. The molecule has 0 atom stereocenters. The number of benzene rings is 1. The van der Waals surface area contributed by atoms with Crippen molar-refractivity contribution in [1.82, 2.24) is 10.6 Å². The summed E-state index contributed by atoms with van der Waals surface area (Å²) in [6.07, 6.45) is 1.86. The highest BCUT2D eigenvalue weighted by molar-refractivity contribution is 5.95. The first-order valence-electron chi connectivity index (χ1n) is 6.02. The molecular weight excluding hydrogens is 266 g/mol. The van der Waals surface area contributed by atoms with Crippen LogP contribution in [0.5, 0.6) is 5.75 Å². The van der Waals surface area contributed by atoms with Crippen LogP contribution in [0.15, 0.2) is 24.3 Å². The van der Waals surface area contributed by atoms with Gasteiger partial charge in [0, 0.05) is 18.2 Å². The molecule has 0 unspecified atom stereocenters. The minimum absolute atomic E-state index is 0.0642. The summed E-state index contributed by atoms with van der Waals surface area (Å²) in [5.41, 5.74) is -0.0642. The molecule has 1 fully saturated rings. The maximum atomic E-state index is 11.4. The van der Waals surface area contributed by atoms with E-state index >= 15 is 0 Å². The Morgan fingerprint density at radius 2 is 1.95 bits per heavy atom. The number of nitro groups is 1. The van der Waals surface area contributed by atoms with Gasteiger partial charge in [-0.1, -0.05) is 0 Å². The molecule has 1 aliphatic rings. The van der Waals surface area contributed by atoms with Gasteiger partial charge < -0.3 is 10.1 Å². The van der Waals surface area contributed by atoms with Gasteiger partial charge in [0.1, 0.15) is 5.75 Å². The van der Waals surface area contributed by atoms with Gasteiger partial charge in [0.05, 0.1) is 4.92 Å². The summed E-state index contributed by atoms with van der Waals surface area (Å²) >= 11 is 0. The standard InChI is InChI=1S/C12H13N3O5/c16-11(14-12(17)13-8-1-2-8)7-20-10-5-3-9(4-6-10)15(18)19/h3-6,8H,1-2,7H2,(H2,13,14,16,17). The second kappa shape index (κ2) is 6.00. The highest BCUT2D eigenvalue weighted by Crippen LogP contribution is 2.18. The summed E-state index contributed by atoms with van der Waals surface area (Å²) in [6, 6.07) is 4.94. The molecule has 2 rings (SSSR count). The molecule has 20 heavy (non-hydrogen) atoms. The number of nitro benzene ring substituents is 1. The van der Waals surface area contributed by atoms with Crippen LogP contribution >= 0.6 is 0 Å². The third-order valence-electron chi connectivity index (χ3n) is 2.58. The zero-order valence-electron chi connectivity index (χ0n) is 10.5. The van der Waals surface area contributed by atoms with Crippen molar-refractivity contribution in [3.8, 4) is 5.75 Å². The van der Waals surface area contributed by atoms with E-state index in [1.54, 1.807) is 0 Å². The molecule has 0 aliphatic heterocycles. The van der Waals surface area contributed by atoms with E-state index in [0.717, 1.165) is 12.8 Å². The molecule has 0 radical (unpaired) electrons. The first-order valence-corrected chi connectivity index (χ1v) is 6.02. The molecule has 0 spiro atoms. The van der Waals surface area contributed by atoms with E-state index in [2.05, 4.69) is 10.6 Å². The van der Waals surface area contributed by atoms with E-state index in [-0.39, 0.29) is 18.3 Å². The van der Waals surface area contributed by atoms with E-state index in [1.807, 2.05) is 0 Å². The highest BCUT2D eigenvalue weighted by atomic mass is 16.6. The number of carbonyl (C=O) groups is 2. The molecule has 1 saturated carbocycles. The van der Waals surface area contributed by atoms with E-state index in [0.29, 0.717) is 5.75 Å². The van der Waals surface area contributed by atoms with Crippen LogP contribution in [0.4, 0.5) is 10.5 Å². The number of rotatable bonds is 5. The average Bonchev–Trinajstić information content (AvgIpc) is 3.20. The molecule has 1 aromatic rings. The SMILES string of the molecule is O=C(COc1ccc([N+](=O)[O-])cc1)NC(=O)NC1CC1. The lowest BCUT2D eigenvalue weighted by Gasteiger charge is -2.07. The summed E-state index contributed by atoms with van der Waals surface area (Å²) in [5, 5.41) is 15.2. The first kappa shape index (κ1) is 13.8. The number of nitrogens with zero attached hydrogens (tertiary/aromatic N) is 1. The molecule has 0 aromatic heterocycles. The summed E-state index contributed by atoms with van der Waals surface area (Å²) in [6.45, 7) is -0.337. The largest absolute Gasteiger partial charge is 0.484 e. The van der Waals surface area contributed by atoms with Gasteiger partial charge in [0.2, 0.25) is 0 Å². The van der Waals surface area contributed by atoms with Crippen LogP contribution in [0.2, 0.25) is 0 Å². The lowest BCUT2D eigenvalue weighted by Crippen LogP contribution is -2.42. The van der Waals surface area contributed by atoms with Crippen molar-refractivity contribution >= 4 is 17.6 Å². The quantitative estimate of drug-likeness (QED) is 0.616. The molecule has 0 bridgehead atoms. The Kier molecular flexibility index (Phi) is 4.14.